The number of Topliss-reactive ketones (excluding diaryl/α,β-unsaturated/α-hetero) is 1. The molecule has 1 heteroatoms. The van der Waals surface area contributed by atoms with Crippen molar-refractivity contribution in [3.63, 3.8) is 0 Å². The summed E-state index contributed by atoms with van der Waals surface area (Å²) in [7, 11) is 0. The van der Waals surface area contributed by atoms with Gasteiger partial charge in [-0.15, -0.1) is 0 Å². The second kappa shape index (κ2) is 6.34. The zero-order chi connectivity index (χ0) is 15.6. The van der Waals surface area contributed by atoms with Crippen LogP contribution in [0.3, 0.4) is 0 Å². The summed E-state index contributed by atoms with van der Waals surface area (Å²) in [6.45, 7) is 10.6. The van der Waals surface area contributed by atoms with E-state index in [4.69, 9.17) is 0 Å². The zero-order valence-electron chi connectivity index (χ0n) is 14.2. The van der Waals surface area contributed by atoms with E-state index in [2.05, 4.69) is 45.1 Å². The second-order valence-corrected chi connectivity index (χ2v) is 7.33. The van der Waals surface area contributed by atoms with E-state index in [0.717, 1.165) is 5.92 Å². The molecule has 116 valence electrons. The summed E-state index contributed by atoms with van der Waals surface area (Å²) in [6.07, 6.45) is 14.6. The molecule has 0 amide bonds. The number of carbonyl (C=O) groups is 1. The molecule has 1 fully saturated rings. The lowest BCUT2D eigenvalue weighted by Gasteiger charge is -2.51. The van der Waals surface area contributed by atoms with Crippen LogP contribution in [-0.4, -0.2) is 5.78 Å². The van der Waals surface area contributed by atoms with E-state index in [0.29, 0.717) is 17.6 Å². The van der Waals surface area contributed by atoms with Crippen LogP contribution < -0.4 is 0 Å². The highest BCUT2D eigenvalue weighted by Gasteiger charge is 2.51. The molecule has 5 atom stereocenters. The first kappa shape index (κ1) is 16.3. The minimum absolute atomic E-state index is 0.234. The summed E-state index contributed by atoms with van der Waals surface area (Å²) in [6, 6.07) is 0. The van der Waals surface area contributed by atoms with Crippen molar-refractivity contribution >= 4 is 5.78 Å². The van der Waals surface area contributed by atoms with E-state index in [-0.39, 0.29) is 11.3 Å². The van der Waals surface area contributed by atoms with Crippen LogP contribution in [0, 0.1) is 29.1 Å². The number of ketones is 1. The van der Waals surface area contributed by atoms with Gasteiger partial charge in [-0.1, -0.05) is 56.2 Å². The SMILES string of the molecule is C/C=C/C=C/[C@@H]1C(C)=C[C@@H]2C[C@@H](C)CC[C@H]2[C@]1(C)C(C)=O. The molecule has 21 heavy (non-hydrogen) atoms. The molecule has 2 rings (SSSR count). The average Bonchev–Trinajstić information content (AvgIpc) is 2.41. The van der Waals surface area contributed by atoms with Gasteiger partial charge in [0.25, 0.3) is 0 Å². The summed E-state index contributed by atoms with van der Waals surface area (Å²) in [5, 5.41) is 0. The standard InChI is InChI=1S/C20H30O/c1-6-7-8-9-18-15(3)13-17-12-14(2)10-11-19(17)20(18,5)16(4)21/h6-9,13-14,17-19H,10-12H2,1-5H3/b7-6+,9-8+/t14-,17-,18+,19+,20+/m0/s1. The van der Waals surface area contributed by atoms with Crippen molar-refractivity contribution in [2.75, 3.05) is 0 Å². The Bertz CT molecular complexity index is 482. The molecule has 0 aromatic heterocycles. The zero-order valence-corrected chi connectivity index (χ0v) is 14.2. The fourth-order valence-electron chi connectivity index (χ4n) is 4.62. The molecule has 0 heterocycles. The molecule has 0 aromatic carbocycles. The number of hydrogen-bond donors (Lipinski definition) is 0. The Labute approximate surface area is 130 Å². The van der Waals surface area contributed by atoms with E-state index in [1.807, 2.05) is 13.0 Å². The van der Waals surface area contributed by atoms with E-state index in [9.17, 15) is 4.79 Å². The van der Waals surface area contributed by atoms with E-state index >= 15 is 0 Å². The normalized spacial score (nSPS) is 40.3. The lowest BCUT2D eigenvalue weighted by Crippen LogP contribution is -2.48. The van der Waals surface area contributed by atoms with Gasteiger partial charge in [-0.25, -0.2) is 0 Å². The van der Waals surface area contributed by atoms with Crippen LogP contribution in [0.1, 0.15) is 53.9 Å². The van der Waals surface area contributed by atoms with Crippen LogP contribution in [-0.2, 0) is 4.79 Å². The van der Waals surface area contributed by atoms with Gasteiger partial charge >= 0.3 is 0 Å². The van der Waals surface area contributed by atoms with Gasteiger partial charge in [-0.05, 0) is 51.4 Å². The fourth-order valence-corrected chi connectivity index (χ4v) is 4.62. The highest BCUT2D eigenvalue weighted by Crippen LogP contribution is 2.54. The number of allylic oxidation sites excluding steroid dienone is 6. The number of rotatable bonds is 3. The second-order valence-electron chi connectivity index (χ2n) is 7.33. The molecule has 0 aliphatic heterocycles. The van der Waals surface area contributed by atoms with Crippen LogP contribution in [0.2, 0.25) is 0 Å². The maximum absolute atomic E-state index is 12.6. The lowest BCUT2D eigenvalue weighted by atomic mass is 9.52. The number of carbonyl (C=O) groups excluding carboxylic acids is 1. The van der Waals surface area contributed by atoms with Crippen LogP contribution in [0.15, 0.2) is 36.0 Å². The summed E-state index contributed by atoms with van der Waals surface area (Å²) in [4.78, 5) is 12.6. The van der Waals surface area contributed by atoms with Gasteiger partial charge in [-0.3, -0.25) is 4.79 Å². The van der Waals surface area contributed by atoms with Crippen LogP contribution in [0.25, 0.3) is 0 Å². The minimum Gasteiger partial charge on any atom is -0.299 e. The lowest BCUT2D eigenvalue weighted by molar-refractivity contribution is -0.133. The van der Waals surface area contributed by atoms with E-state index < -0.39 is 0 Å². The Balaban J connectivity index is 2.43. The topological polar surface area (TPSA) is 17.1 Å². The van der Waals surface area contributed by atoms with Gasteiger partial charge < -0.3 is 0 Å². The Morgan fingerprint density at radius 2 is 2.05 bits per heavy atom. The van der Waals surface area contributed by atoms with Gasteiger partial charge in [0.15, 0.2) is 0 Å². The molecule has 0 saturated heterocycles. The van der Waals surface area contributed by atoms with Crippen molar-refractivity contribution in [2.45, 2.75) is 53.9 Å². The van der Waals surface area contributed by atoms with Crippen molar-refractivity contribution in [3.05, 3.63) is 36.0 Å². The molecule has 0 aromatic rings. The van der Waals surface area contributed by atoms with Crippen molar-refractivity contribution < 1.29 is 4.79 Å². The van der Waals surface area contributed by atoms with E-state index in [1.54, 1.807) is 6.92 Å². The third-order valence-corrected chi connectivity index (χ3v) is 5.91. The maximum atomic E-state index is 12.6. The Kier molecular flexibility index (Phi) is 4.91. The predicted octanol–water partition coefficient (Wildman–Crippen LogP) is 5.34. The van der Waals surface area contributed by atoms with Gasteiger partial charge in [0, 0.05) is 11.3 Å². The summed E-state index contributed by atoms with van der Waals surface area (Å²) in [5.74, 6) is 2.50. The Morgan fingerprint density at radius 1 is 1.33 bits per heavy atom. The average molecular weight is 286 g/mol. The minimum atomic E-state index is -0.234. The highest BCUT2D eigenvalue weighted by molar-refractivity contribution is 5.84. The van der Waals surface area contributed by atoms with Crippen LogP contribution >= 0.6 is 0 Å². The van der Waals surface area contributed by atoms with Gasteiger partial charge in [-0.2, -0.15) is 0 Å². The molecule has 2 aliphatic carbocycles. The van der Waals surface area contributed by atoms with Crippen molar-refractivity contribution in [1.82, 2.24) is 0 Å². The first-order chi connectivity index (χ1) is 9.91. The van der Waals surface area contributed by atoms with Gasteiger partial charge in [0.2, 0.25) is 0 Å². The summed E-state index contributed by atoms with van der Waals surface area (Å²) >= 11 is 0. The van der Waals surface area contributed by atoms with Crippen molar-refractivity contribution in [2.24, 2.45) is 29.1 Å². The molecule has 0 bridgehead atoms. The largest absolute Gasteiger partial charge is 0.299 e. The molecular formula is C20H30O. The van der Waals surface area contributed by atoms with E-state index in [1.165, 1.54) is 24.8 Å². The molecule has 0 N–H and O–H groups in total. The maximum Gasteiger partial charge on any atom is 0.136 e. The fraction of sp³-hybridized carbons (Fsp3) is 0.650. The van der Waals surface area contributed by atoms with Gasteiger partial charge in [0.05, 0.1) is 0 Å². The molecule has 0 unspecified atom stereocenters. The number of hydrogen-bond acceptors (Lipinski definition) is 1. The Hall–Kier alpha value is -1.11. The van der Waals surface area contributed by atoms with Crippen LogP contribution in [0.5, 0.6) is 0 Å². The highest BCUT2D eigenvalue weighted by atomic mass is 16.1. The monoisotopic (exact) mass is 286 g/mol. The molecule has 1 nitrogen and oxygen atoms in total. The molecule has 0 spiro atoms. The summed E-state index contributed by atoms with van der Waals surface area (Å²) in [5.41, 5.74) is 1.14. The molecule has 1 saturated carbocycles. The summed E-state index contributed by atoms with van der Waals surface area (Å²) < 4.78 is 0. The predicted molar refractivity (Wildman–Crippen MR) is 90.0 cm³/mol. The molecule has 2 aliphatic rings. The third-order valence-electron chi connectivity index (χ3n) is 5.91. The Morgan fingerprint density at radius 3 is 2.67 bits per heavy atom. The van der Waals surface area contributed by atoms with Crippen LogP contribution in [0.4, 0.5) is 0 Å². The number of fused-ring (bicyclic) bond motifs is 1. The quantitative estimate of drug-likeness (QED) is 0.505. The first-order valence-electron chi connectivity index (χ1n) is 8.40. The van der Waals surface area contributed by atoms with Crippen molar-refractivity contribution in [1.29, 1.82) is 0 Å². The van der Waals surface area contributed by atoms with Crippen molar-refractivity contribution in [3.8, 4) is 0 Å². The van der Waals surface area contributed by atoms with Gasteiger partial charge in [0.1, 0.15) is 5.78 Å². The molecule has 0 radical (unpaired) electrons. The third kappa shape index (κ3) is 2.93. The molecular weight excluding hydrogens is 256 g/mol. The first-order valence-corrected chi connectivity index (χ1v) is 8.40. The smallest absolute Gasteiger partial charge is 0.136 e.